The molecule has 0 bridgehead atoms. The van der Waals surface area contributed by atoms with Crippen molar-refractivity contribution in [1.82, 2.24) is 0 Å². The predicted molar refractivity (Wildman–Crippen MR) is 116 cm³/mol. The van der Waals surface area contributed by atoms with Crippen molar-refractivity contribution in [2.24, 2.45) is 0 Å². The highest BCUT2D eigenvalue weighted by Gasteiger charge is 2.27. The number of aryl methyl sites for hydroxylation is 1. The van der Waals surface area contributed by atoms with Crippen molar-refractivity contribution in [3.05, 3.63) is 45.8 Å². The monoisotopic (exact) mass is 433 g/mol. The zero-order valence-electron chi connectivity index (χ0n) is 17.7. The standard InChI is InChI=1S/C22H27NO6S/c1-5-27-21(25)18-15(4)19(22(26)28-6-2)30-20(18)23-17(24)12-9-13-29-16-11-8-7-10-14(16)3/h7-8,10-11H,5-6,9,12-13H2,1-4H3,(H,23,24). The van der Waals surface area contributed by atoms with Gasteiger partial charge in [0.2, 0.25) is 5.91 Å². The molecule has 2 rings (SSSR count). The van der Waals surface area contributed by atoms with E-state index in [1.807, 2.05) is 31.2 Å². The largest absolute Gasteiger partial charge is 0.493 e. The fourth-order valence-corrected chi connectivity index (χ4v) is 3.87. The van der Waals surface area contributed by atoms with Gasteiger partial charge in [0.15, 0.2) is 0 Å². The second-order valence-corrected chi connectivity index (χ2v) is 7.49. The Bertz CT molecular complexity index is 905. The van der Waals surface area contributed by atoms with Gasteiger partial charge in [0.25, 0.3) is 0 Å². The van der Waals surface area contributed by atoms with Crippen LogP contribution in [0.2, 0.25) is 0 Å². The fourth-order valence-electron chi connectivity index (χ4n) is 2.76. The van der Waals surface area contributed by atoms with Crippen LogP contribution in [0.25, 0.3) is 0 Å². The fraction of sp³-hybridized carbons (Fsp3) is 0.409. The van der Waals surface area contributed by atoms with Gasteiger partial charge in [-0.1, -0.05) is 18.2 Å². The van der Waals surface area contributed by atoms with Gasteiger partial charge in [-0.05, 0) is 51.3 Å². The molecule has 1 heterocycles. The van der Waals surface area contributed by atoms with Gasteiger partial charge in [0.05, 0.1) is 25.4 Å². The molecule has 0 aliphatic carbocycles. The molecule has 0 aliphatic heterocycles. The highest BCUT2D eigenvalue weighted by molar-refractivity contribution is 7.18. The summed E-state index contributed by atoms with van der Waals surface area (Å²) in [5.41, 5.74) is 1.66. The van der Waals surface area contributed by atoms with Crippen LogP contribution in [0.15, 0.2) is 24.3 Å². The number of hydrogen-bond acceptors (Lipinski definition) is 7. The molecule has 162 valence electrons. The van der Waals surface area contributed by atoms with Crippen LogP contribution < -0.4 is 10.1 Å². The summed E-state index contributed by atoms with van der Waals surface area (Å²) in [5.74, 6) is -0.598. The third kappa shape index (κ3) is 6.06. The number of esters is 2. The van der Waals surface area contributed by atoms with Gasteiger partial charge < -0.3 is 19.5 Å². The highest BCUT2D eigenvalue weighted by atomic mass is 32.1. The summed E-state index contributed by atoms with van der Waals surface area (Å²) >= 11 is 1.02. The van der Waals surface area contributed by atoms with Crippen LogP contribution in [-0.4, -0.2) is 37.7 Å². The Morgan fingerprint density at radius 3 is 2.33 bits per heavy atom. The lowest BCUT2D eigenvalue weighted by molar-refractivity contribution is -0.116. The number of ether oxygens (including phenoxy) is 3. The molecule has 0 atom stereocenters. The molecule has 0 saturated carbocycles. The van der Waals surface area contributed by atoms with Crippen LogP contribution >= 0.6 is 11.3 Å². The van der Waals surface area contributed by atoms with E-state index in [9.17, 15) is 14.4 Å². The predicted octanol–water partition coefficient (Wildman–Crippen LogP) is 4.52. The molecular weight excluding hydrogens is 406 g/mol. The molecule has 0 fully saturated rings. The van der Waals surface area contributed by atoms with Gasteiger partial charge >= 0.3 is 11.9 Å². The van der Waals surface area contributed by atoms with E-state index >= 15 is 0 Å². The number of hydrogen-bond donors (Lipinski definition) is 1. The Morgan fingerprint density at radius 1 is 1.00 bits per heavy atom. The zero-order valence-corrected chi connectivity index (χ0v) is 18.5. The van der Waals surface area contributed by atoms with E-state index in [4.69, 9.17) is 14.2 Å². The molecule has 1 aromatic heterocycles. The Hall–Kier alpha value is -2.87. The average Bonchev–Trinajstić information content (AvgIpc) is 3.03. The number of carbonyl (C=O) groups is 3. The van der Waals surface area contributed by atoms with Crippen LogP contribution in [-0.2, 0) is 14.3 Å². The second kappa shape index (κ2) is 11.3. The van der Waals surface area contributed by atoms with E-state index in [0.29, 0.717) is 23.6 Å². The van der Waals surface area contributed by atoms with Crippen molar-refractivity contribution < 1.29 is 28.6 Å². The summed E-state index contributed by atoms with van der Waals surface area (Å²) in [4.78, 5) is 37.2. The number of amides is 1. The number of carbonyl (C=O) groups excluding carboxylic acids is 3. The van der Waals surface area contributed by atoms with E-state index in [0.717, 1.165) is 22.6 Å². The summed E-state index contributed by atoms with van der Waals surface area (Å²) in [5, 5.41) is 3.02. The molecule has 7 nitrogen and oxygen atoms in total. The highest BCUT2D eigenvalue weighted by Crippen LogP contribution is 2.34. The van der Waals surface area contributed by atoms with Crippen molar-refractivity contribution >= 4 is 34.2 Å². The van der Waals surface area contributed by atoms with Crippen molar-refractivity contribution in [3.63, 3.8) is 0 Å². The third-order valence-corrected chi connectivity index (χ3v) is 5.43. The van der Waals surface area contributed by atoms with Crippen LogP contribution in [0, 0.1) is 13.8 Å². The number of nitrogens with one attached hydrogen (secondary N) is 1. The van der Waals surface area contributed by atoms with Crippen molar-refractivity contribution in [2.45, 2.75) is 40.5 Å². The van der Waals surface area contributed by atoms with Gasteiger partial charge in [-0.25, -0.2) is 9.59 Å². The maximum Gasteiger partial charge on any atom is 0.348 e. The normalized spacial score (nSPS) is 10.4. The van der Waals surface area contributed by atoms with Crippen LogP contribution in [0.4, 0.5) is 5.00 Å². The zero-order chi connectivity index (χ0) is 22.1. The summed E-state index contributed by atoms with van der Waals surface area (Å²) in [6, 6.07) is 7.67. The summed E-state index contributed by atoms with van der Waals surface area (Å²) < 4.78 is 15.8. The number of thiophene rings is 1. The minimum Gasteiger partial charge on any atom is -0.493 e. The van der Waals surface area contributed by atoms with Crippen molar-refractivity contribution in [1.29, 1.82) is 0 Å². The Labute approximate surface area is 180 Å². The van der Waals surface area contributed by atoms with Gasteiger partial charge in [-0.15, -0.1) is 11.3 Å². The van der Waals surface area contributed by atoms with Crippen molar-refractivity contribution in [2.75, 3.05) is 25.1 Å². The Balaban J connectivity index is 2.03. The minimum absolute atomic E-state index is 0.187. The molecule has 0 spiro atoms. The molecule has 0 saturated heterocycles. The number of benzene rings is 1. The minimum atomic E-state index is -0.583. The topological polar surface area (TPSA) is 90.9 Å². The number of para-hydroxylation sites is 1. The van der Waals surface area contributed by atoms with Gasteiger partial charge in [0, 0.05) is 6.42 Å². The van der Waals surface area contributed by atoms with E-state index < -0.39 is 11.9 Å². The molecule has 0 aliphatic rings. The van der Waals surface area contributed by atoms with Crippen LogP contribution in [0.5, 0.6) is 5.75 Å². The first-order valence-electron chi connectivity index (χ1n) is 9.84. The number of anilines is 1. The van der Waals surface area contributed by atoms with Gasteiger partial charge in [-0.2, -0.15) is 0 Å². The van der Waals surface area contributed by atoms with E-state index in [1.54, 1.807) is 20.8 Å². The molecular formula is C22H27NO6S. The van der Waals surface area contributed by atoms with Crippen LogP contribution in [0.3, 0.4) is 0 Å². The molecule has 1 N–H and O–H groups in total. The van der Waals surface area contributed by atoms with Crippen molar-refractivity contribution in [3.8, 4) is 5.75 Å². The SMILES string of the molecule is CCOC(=O)c1sc(NC(=O)CCCOc2ccccc2C)c(C(=O)OCC)c1C. The first-order chi connectivity index (χ1) is 14.4. The van der Waals surface area contributed by atoms with Gasteiger partial charge in [0.1, 0.15) is 15.6 Å². The molecule has 0 radical (unpaired) electrons. The average molecular weight is 434 g/mol. The summed E-state index contributed by atoms with van der Waals surface area (Å²) in [6.45, 7) is 7.79. The maximum atomic E-state index is 12.4. The second-order valence-electron chi connectivity index (χ2n) is 6.47. The molecule has 1 amide bonds. The lowest BCUT2D eigenvalue weighted by Gasteiger charge is -2.09. The third-order valence-electron chi connectivity index (χ3n) is 4.24. The van der Waals surface area contributed by atoms with E-state index in [1.165, 1.54) is 0 Å². The Morgan fingerprint density at radius 2 is 1.67 bits per heavy atom. The first-order valence-corrected chi connectivity index (χ1v) is 10.7. The first kappa shape index (κ1) is 23.4. The molecule has 0 unspecified atom stereocenters. The summed E-state index contributed by atoms with van der Waals surface area (Å²) in [7, 11) is 0. The van der Waals surface area contributed by atoms with E-state index in [-0.39, 0.29) is 36.0 Å². The van der Waals surface area contributed by atoms with E-state index in [2.05, 4.69) is 5.32 Å². The lowest BCUT2D eigenvalue weighted by atomic mass is 10.1. The Kier molecular flexibility index (Phi) is 8.86. The lowest BCUT2D eigenvalue weighted by Crippen LogP contribution is -2.15. The molecule has 1 aromatic carbocycles. The molecule has 2 aromatic rings. The smallest absolute Gasteiger partial charge is 0.348 e. The molecule has 30 heavy (non-hydrogen) atoms. The maximum absolute atomic E-state index is 12.4. The van der Waals surface area contributed by atoms with Gasteiger partial charge in [-0.3, -0.25) is 4.79 Å². The van der Waals surface area contributed by atoms with Crippen LogP contribution in [0.1, 0.15) is 57.8 Å². The summed E-state index contributed by atoms with van der Waals surface area (Å²) in [6.07, 6.45) is 0.712. The molecule has 8 heteroatoms. The number of rotatable bonds is 10. The quantitative estimate of drug-likeness (QED) is 0.438.